The molecule has 2 aromatic heterocycles. The van der Waals surface area contributed by atoms with Crippen molar-refractivity contribution in [3.05, 3.63) is 10.9 Å². The SMILES string of the molecule is CCCCOCCCNc1nc(NC)nc2sc(C)cc12. The van der Waals surface area contributed by atoms with Gasteiger partial charge in [-0.1, -0.05) is 13.3 Å². The molecular weight excluding hydrogens is 284 g/mol. The predicted molar refractivity (Wildman–Crippen MR) is 90.5 cm³/mol. The molecule has 2 aromatic rings. The summed E-state index contributed by atoms with van der Waals surface area (Å²) in [4.78, 5) is 11.3. The fourth-order valence-corrected chi connectivity index (χ4v) is 2.90. The van der Waals surface area contributed by atoms with Crippen LogP contribution in [-0.4, -0.2) is 36.8 Å². The van der Waals surface area contributed by atoms with Gasteiger partial charge in [0, 0.05) is 31.7 Å². The Morgan fingerprint density at radius 1 is 1.24 bits per heavy atom. The summed E-state index contributed by atoms with van der Waals surface area (Å²) >= 11 is 1.69. The van der Waals surface area contributed by atoms with E-state index in [1.165, 1.54) is 11.3 Å². The van der Waals surface area contributed by atoms with Gasteiger partial charge in [0.15, 0.2) is 0 Å². The van der Waals surface area contributed by atoms with Crippen LogP contribution in [0.15, 0.2) is 6.07 Å². The summed E-state index contributed by atoms with van der Waals surface area (Å²) in [6.07, 6.45) is 3.30. The van der Waals surface area contributed by atoms with E-state index in [1.807, 2.05) is 7.05 Å². The summed E-state index contributed by atoms with van der Waals surface area (Å²) in [5, 5.41) is 7.52. The maximum atomic E-state index is 5.57. The van der Waals surface area contributed by atoms with Crippen molar-refractivity contribution in [2.45, 2.75) is 33.1 Å². The number of nitrogens with one attached hydrogen (secondary N) is 2. The maximum absolute atomic E-state index is 5.57. The first-order chi connectivity index (χ1) is 10.2. The maximum Gasteiger partial charge on any atom is 0.225 e. The summed E-state index contributed by atoms with van der Waals surface area (Å²) in [6, 6.07) is 2.14. The molecule has 0 aliphatic rings. The standard InChI is InChI=1S/C15H24N4OS/c1-4-5-8-20-9-6-7-17-13-12-10-11(2)21-14(12)19-15(16-3)18-13/h10H,4-9H2,1-3H3,(H2,16,17,18,19). The lowest BCUT2D eigenvalue weighted by molar-refractivity contribution is 0.131. The van der Waals surface area contributed by atoms with E-state index in [0.717, 1.165) is 48.6 Å². The third kappa shape index (κ3) is 4.54. The third-order valence-corrected chi connectivity index (χ3v) is 4.08. The number of hydrogen-bond acceptors (Lipinski definition) is 6. The fourth-order valence-electron chi connectivity index (χ4n) is 2.02. The first-order valence-corrected chi connectivity index (χ1v) is 8.33. The van der Waals surface area contributed by atoms with Gasteiger partial charge in [0.1, 0.15) is 10.6 Å². The van der Waals surface area contributed by atoms with Gasteiger partial charge >= 0.3 is 0 Å². The molecule has 116 valence electrons. The highest BCUT2D eigenvalue weighted by Gasteiger charge is 2.09. The summed E-state index contributed by atoms with van der Waals surface area (Å²) in [6.45, 7) is 6.78. The lowest BCUT2D eigenvalue weighted by Gasteiger charge is -2.09. The van der Waals surface area contributed by atoms with Gasteiger partial charge < -0.3 is 15.4 Å². The predicted octanol–water partition coefficient (Wildman–Crippen LogP) is 3.66. The Morgan fingerprint density at radius 3 is 2.81 bits per heavy atom. The van der Waals surface area contributed by atoms with E-state index in [0.29, 0.717) is 5.95 Å². The molecule has 0 bridgehead atoms. The first-order valence-electron chi connectivity index (χ1n) is 7.52. The Balaban J connectivity index is 1.91. The minimum Gasteiger partial charge on any atom is -0.381 e. The summed E-state index contributed by atoms with van der Waals surface area (Å²) in [5.74, 6) is 1.56. The number of ether oxygens (including phenoxy) is 1. The van der Waals surface area contributed by atoms with E-state index in [-0.39, 0.29) is 0 Å². The Labute approximate surface area is 130 Å². The number of nitrogens with zero attached hydrogens (tertiary/aromatic N) is 2. The molecule has 6 heteroatoms. The molecule has 0 aromatic carbocycles. The van der Waals surface area contributed by atoms with Gasteiger partial charge in [-0.15, -0.1) is 11.3 Å². The van der Waals surface area contributed by atoms with Gasteiger partial charge in [-0.05, 0) is 25.8 Å². The molecule has 0 amide bonds. The lowest BCUT2D eigenvalue weighted by atomic mass is 10.3. The van der Waals surface area contributed by atoms with Gasteiger partial charge in [0.2, 0.25) is 5.95 Å². The Hall–Kier alpha value is -1.40. The summed E-state index contributed by atoms with van der Waals surface area (Å²) in [7, 11) is 1.84. The number of aromatic nitrogens is 2. The van der Waals surface area contributed by atoms with Crippen LogP contribution in [-0.2, 0) is 4.74 Å². The number of thiophene rings is 1. The highest BCUT2D eigenvalue weighted by Crippen LogP contribution is 2.29. The van der Waals surface area contributed by atoms with Gasteiger partial charge in [-0.25, -0.2) is 4.98 Å². The molecule has 21 heavy (non-hydrogen) atoms. The number of fused-ring (bicyclic) bond motifs is 1. The molecule has 5 nitrogen and oxygen atoms in total. The van der Waals surface area contributed by atoms with Crippen molar-refractivity contribution in [2.24, 2.45) is 0 Å². The third-order valence-electron chi connectivity index (χ3n) is 3.14. The van der Waals surface area contributed by atoms with Crippen LogP contribution >= 0.6 is 11.3 Å². The summed E-state index contributed by atoms with van der Waals surface area (Å²) in [5.41, 5.74) is 0. The second kappa shape index (κ2) is 8.14. The number of aryl methyl sites for hydroxylation is 1. The molecule has 2 heterocycles. The van der Waals surface area contributed by atoms with E-state index in [2.05, 4.69) is 40.5 Å². The van der Waals surface area contributed by atoms with Crippen molar-refractivity contribution in [2.75, 3.05) is 37.4 Å². The van der Waals surface area contributed by atoms with E-state index >= 15 is 0 Å². The van der Waals surface area contributed by atoms with Crippen molar-refractivity contribution >= 4 is 33.3 Å². The van der Waals surface area contributed by atoms with Gasteiger partial charge in [0.05, 0.1) is 5.39 Å². The minimum absolute atomic E-state index is 0.658. The van der Waals surface area contributed by atoms with Gasteiger partial charge in [-0.3, -0.25) is 0 Å². The number of rotatable bonds is 9. The average Bonchev–Trinajstić information content (AvgIpc) is 2.86. The number of unbranched alkanes of at least 4 members (excludes halogenated alkanes) is 1. The Kier molecular flexibility index (Phi) is 6.20. The normalized spacial score (nSPS) is 11.0. The zero-order chi connectivity index (χ0) is 15.1. The monoisotopic (exact) mass is 308 g/mol. The second-order valence-electron chi connectivity index (χ2n) is 4.97. The van der Waals surface area contributed by atoms with Crippen LogP contribution < -0.4 is 10.6 Å². The molecule has 2 rings (SSSR count). The van der Waals surface area contributed by atoms with E-state index in [9.17, 15) is 0 Å². The quantitative estimate of drug-likeness (QED) is 0.692. The first kappa shape index (κ1) is 16.0. The van der Waals surface area contributed by atoms with Crippen molar-refractivity contribution < 1.29 is 4.74 Å². The summed E-state index contributed by atoms with van der Waals surface area (Å²) < 4.78 is 5.57. The molecule has 0 saturated heterocycles. The molecule has 0 aliphatic carbocycles. The highest BCUT2D eigenvalue weighted by atomic mass is 32.1. The van der Waals surface area contributed by atoms with Crippen molar-refractivity contribution in [1.82, 2.24) is 9.97 Å². The Morgan fingerprint density at radius 2 is 2.05 bits per heavy atom. The molecule has 2 N–H and O–H groups in total. The van der Waals surface area contributed by atoms with Gasteiger partial charge in [-0.2, -0.15) is 4.98 Å². The van der Waals surface area contributed by atoms with Crippen LogP contribution in [0.3, 0.4) is 0 Å². The van der Waals surface area contributed by atoms with E-state index in [1.54, 1.807) is 11.3 Å². The lowest BCUT2D eigenvalue weighted by Crippen LogP contribution is -2.09. The highest BCUT2D eigenvalue weighted by molar-refractivity contribution is 7.18. The number of hydrogen-bond donors (Lipinski definition) is 2. The minimum atomic E-state index is 0.658. The fraction of sp³-hybridized carbons (Fsp3) is 0.600. The van der Waals surface area contributed by atoms with Crippen LogP contribution in [0.4, 0.5) is 11.8 Å². The van der Waals surface area contributed by atoms with Crippen LogP contribution in [0.2, 0.25) is 0 Å². The largest absolute Gasteiger partial charge is 0.381 e. The Bertz CT molecular complexity index is 570. The molecule has 0 atom stereocenters. The molecule has 0 radical (unpaired) electrons. The second-order valence-corrected chi connectivity index (χ2v) is 6.20. The zero-order valence-corrected chi connectivity index (χ0v) is 13.8. The molecule has 0 saturated carbocycles. The van der Waals surface area contributed by atoms with Crippen molar-refractivity contribution in [3.63, 3.8) is 0 Å². The van der Waals surface area contributed by atoms with Crippen LogP contribution in [0, 0.1) is 6.92 Å². The molecule has 0 aliphatic heterocycles. The van der Waals surface area contributed by atoms with E-state index < -0.39 is 0 Å². The molecule has 0 unspecified atom stereocenters. The van der Waals surface area contributed by atoms with Crippen molar-refractivity contribution in [1.29, 1.82) is 0 Å². The average molecular weight is 308 g/mol. The zero-order valence-electron chi connectivity index (χ0n) is 13.0. The van der Waals surface area contributed by atoms with Crippen LogP contribution in [0.5, 0.6) is 0 Å². The van der Waals surface area contributed by atoms with Crippen LogP contribution in [0.1, 0.15) is 31.1 Å². The van der Waals surface area contributed by atoms with E-state index in [4.69, 9.17) is 4.74 Å². The topological polar surface area (TPSA) is 59.1 Å². The molecule has 0 fully saturated rings. The van der Waals surface area contributed by atoms with Crippen LogP contribution in [0.25, 0.3) is 10.2 Å². The smallest absolute Gasteiger partial charge is 0.225 e. The van der Waals surface area contributed by atoms with Gasteiger partial charge in [0.25, 0.3) is 0 Å². The number of anilines is 2. The molecule has 0 spiro atoms. The molecular formula is C15H24N4OS. The van der Waals surface area contributed by atoms with Crippen molar-refractivity contribution in [3.8, 4) is 0 Å².